The molecule has 2 heterocycles. The average Bonchev–Trinajstić information content (AvgIpc) is 2.87. The SMILES string of the molecule is CNCc1cn(CC2CCOc3ccccc32)cn1. The van der Waals surface area contributed by atoms with E-state index in [0.717, 1.165) is 37.6 Å². The number of fused-ring (bicyclic) bond motifs is 1. The van der Waals surface area contributed by atoms with Crippen LogP contribution in [0.5, 0.6) is 5.75 Å². The molecular formula is C15H19N3O. The van der Waals surface area contributed by atoms with Gasteiger partial charge in [0.05, 0.1) is 18.6 Å². The molecule has 100 valence electrons. The van der Waals surface area contributed by atoms with E-state index in [-0.39, 0.29) is 0 Å². The molecule has 1 atom stereocenters. The zero-order valence-corrected chi connectivity index (χ0v) is 11.2. The van der Waals surface area contributed by atoms with Crippen LogP contribution in [0.25, 0.3) is 0 Å². The molecule has 1 aromatic carbocycles. The molecule has 0 radical (unpaired) electrons. The molecule has 0 bridgehead atoms. The second-order valence-corrected chi connectivity index (χ2v) is 4.96. The van der Waals surface area contributed by atoms with Crippen molar-refractivity contribution in [2.75, 3.05) is 13.7 Å². The number of benzene rings is 1. The fraction of sp³-hybridized carbons (Fsp3) is 0.400. The topological polar surface area (TPSA) is 39.1 Å². The number of hydrogen-bond donors (Lipinski definition) is 1. The van der Waals surface area contributed by atoms with Crippen molar-refractivity contribution < 1.29 is 4.74 Å². The van der Waals surface area contributed by atoms with Crippen LogP contribution >= 0.6 is 0 Å². The van der Waals surface area contributed by atoms with Crippen molar-refractivity contribution in [3.05, 3.63) is 48.0 Å². The van der Waals surface area contributed by atoms with Crippen LogP contribution in [0, 0.1) is 0 Å². The van der Waals surface area contributed by atoms with Crippen LogP contribution in [0.15, 0.2) is 36.8 Å². The molecular weight excluding hydrogens is 238 g/mol. The molecule has 4 nitrogen and oxygen atoms in total. The lowest BCUT2D eigenvalue weighted by molar-refractivity contribution is 0.259. The van der Waals surface area contributed by atoms with Crippen LogP contribution in [0.2, 0.25) is 0 Å². The molecule has 3 rings (SSSR count). The molecule has 0 fully saturated rings. The van der Waals surface area contributed by atoms with E-state index in [1.54, 1.807) is 0 Å². The summed E-state index contributed by atoms with van der Waals surface area (Å²) in [6, 6.07) is 8.34. The fourth-order valence-electron chi connectivity index (χ4n) is 2.64. The first-order valence-electron chi connectivity index (χ1n) is 6.74. The summed E-state index contributed by atoms with van der Waals surface area (Å²) >= 11 is 0. The number of imidazole rings is 1. The lowest BCUT2D eigenvalue weighted by Crippen LogP contribution is -2.18. The maximum absolute atomic E-state index is 5.70. The van der Waals surface area contributed by atoms with Gasteiger partial charge < -0.3 is 14.6 Å². The monoisotopic (exact) mass is 257 g/mol. The Balaban J connectivity index is 1.76. The van der Waals surface area contributed by atoms with Crippen molar-refractivity contribution in [3.8, 4) is 5.75 Å². The lowest BCUT2D eigenvalue weighted by atomic mass is 9.93. The van der Waals surface area contributed by atoms with E-state index < -0.39 is 0 Å². The minimum Gasteiger partial charge on any atom is -0.493 e. The maximum atomic E-state index is 5.70. The first-order chi connectivity index (χ1) is 9.36. The highest BCUT2D eigenvalue weighted by molar-refractivity contribution is 5.37. The van der Waals surface area contributed by atoms with Gasteiger partial charge in [-0.05, 0) is 25.1 Å². The predicted molar refractivity (Wildman–Crippen MR) is 74.3 cm³/mol. The van der Waals surface area contributed by atoms with Crippen LogP contribution in [0.1, 0.15) is 23.6 Å². The Labute approximate surface area is 113 Å². The van der Waals surface area contributed by atoms with E-state index in [9.17, 15) is 0 Å². The van der Waals surface area contributed by atoms with Gasteiger partial charge in [-0.3, -0.25) is 0 Å². The Kier molecular flexibility index (Phi) is 3.51. The number of ether oxygens (including phenoxy) is 1. The first-order valence-corrected chi connectivity index (χ1v) is 6.74. The van der Waals surface area contributed by atoms with Gasteiger partial charge in [0.15, 0.2) is 0 Å². The maximum Gasteiger partial charge on any atom is 0.122 e. The Morgan fingerprint density at radius 2 is 2.32 bits per heavy atom. The normalized spacial score (nSPS) is 17.8. The lowest BCUT2D eigenvalue weighted by Gasteiger charge is -2.26. The Morgan fingerprint density at radius 1 is 1.42 bits per heavy atom. The van der Waals surface area contributed by atoms with Gasteiger partial charge >= 0.3 is 0 Å². The van der Waals surface area contributed by atoms with Gasteiger partial charge in [-0.25, -0.2) is 4.98 Å². The van der Waals surface area contributed by atoms with Gasteiger partial charge in [-0.1, -0.05) is 18.2 Å². The van der Waals surface area contributed by atoms with Gasteiger partial charge in [0.2, 0.25) is 0 Å². The smallest absolute Gasteiger partial charge is 0.122 e. The van der Waals surface area contributed by atoms with Crippen LogP contribution in [0.4, 0.5) is 0 Å². The second-order valence-electron chi connectivity index (χ2n) is 4.96. The summed E-state index contributed by atoms with van der Waals surface area (Å²) in [5.74, 6) is 1.55. The molecule has 4 heteroatoms. The number of nitrogens with one attached hydrogen (secondary N) is 1. The molecule has 0 saturated carbocycles. The van der Waals surface area contributed by atoms with Gasteiger partial charge in [0.25, 0.3) is 0 Å². The van der Waals surface area contributed by atoms with Crippen molar-refractivity contribution in [2.45, 2.75) is 25.4 Å². The molecule has 19 heavy (non-hydrogen) atoms. The summed E-state index contributed by atoms with van der Waals surface area (Å²) in [7, 11) is 1.94. The summed E-state index contributed by atoms with van der Waals surface area (Å²) in [5.41, 5.74) is 2.40. The summed E-state index contributed by atoms with van der Waals surface area (Å²) in [6.07, 6.45) is 5.11. The van der Waals surface area contributed by atoms with Crippen LogP contribution < -0.4 is 10.1 Å². The quantitative estimate of drug-likeness (QED) is 0.912. The molecule has 2 aromatic rings. The zero-order valence-electron chi connectivity index (χ0n) is 11.2. The molecule has 1 aliphatic rings. The number of para-hydroxylation sites is 1. The summed E-state index contributed by atoms with van der Waals surface area (Å²) in [5, 5.41) is 3.12. The number of nitrogens with zero attached hydrogens (tertiary/aromatic N) is 2. The number of aromatic nitrogens is 2. The summed E-state index contributed by atoms with van der Waals surface area (Å²) in [4.78, 5) is 4.40. The minimum atomic E-state index is 0.515. The highest BCUT2D eigenvalue weighted by atomic mass is 16.5. The van der Waals surface area contributed by atoms with E-state index in [2.05, 4.69) is 39.3 Å². The van der Waals surface area contributed by atoms with Crippen LogP contribution in [-0.2, 0) is 13.1 Å². The van der Waals surface area contributed by atoms with Gasteiger partial charge in [-0.15, -0.1) is 0 Å². The molecule has 1 aromatic heterocycles. The Morgan fingerprint density at radius 3 is 3.21 bits per heavy atom. The highest BCUT2D eigenvalue weighted by Crippen LogP contribution is 2.34. The third-order valence-corrected chi connectivity index (χ3v) is 3.56. The van der Waals surface area contributed by atoms with E-state index >= 15 is 0 Å². The van der Waals surface area contributed by atoms with E-state index in [4.69, 9.17) is 4.74 Å². The Bertz CT molecular complexity index is 550. The van der Waals surface area contributed by atoms with Crippen molar-refractivity contribution in [1.29, 1.82) is 0 Å². The van der Waals surface area contributed by atoms with Gasteiger partial charge in [-0.2, -0.15) is 0 Å². The van der Waals surface area contributed by atoms with Crippen molar-refractivity contribution in [3.63, 3.8) is 0 Å². The molecule has 1 unspecified atom stereocenters. The van der Waals surface area contributed by atoms with Crippen molar-refractivity contribution in [1.82, 2.24) is 14.9 Å². The minimum absolute atomic E-state index is 0.515. The number of hydrogen-bond acceptors (Lipinski definition) is 3. The summed E-state index contributed by atoms with van der Waals surface area (Å²) < 4.78 is 7.88. The molecule has 0 spiro atoms. The zero-order chi connectivity index (χ0) is 13.1. The van der Waals surface area contributed by atoms with E-state index in [1.807, 2.05) is 19.4 Å². The van der Waals surface area contributed by atoms with Crippen LogP contribution in [-0.4, -0.2) is 23.2 Å². The second kappa shape index (κ2) is 5.45. The largest absolute Gasteiger partial charge is 0.493 e. The standard InChI is InChI=1S/C15H19N3O/c1-16-8-13-10-18(11-17-13)9-12-6-7-19-15-5-3-2-4-14(12)15/h2-5,10-12,16H,6-9H2,1H3. The molecule has 1 N–H and O–H groups in total. The van der Waals surface area contributed by atoms with Crippen molar-refractivity contribution in [2.24, 2.45) is 0 Å². The van der Waals surface area contributed by atoms with Gasteiger partial charge in [0.1, 0.15) is 5.75 Å². The Hall–Kier alpha value is -1.81. The molecule has 0 saturated heterocycles. The average molecular weight is 257 g/mol. The van der Waals surface area contributed by atoms with E-state index in [0.29, 0.717) is 5.92 Å². The predicted octanol–water partition coefficient (Wildman–Crippen LogP) is 2.17. The molecule has 1 aliphatic heterocycles. The first kappa shape index (κ1) is 12.2. The van der Waals surface area contributed by atoms with Gasteiger partial charge in [0, 0.05) is 25.2 Å². The fourth-order valence-corrected chi connectivity index (χ4v) is 2.64. The van der Waals surface area contributed by atoms with Crippen molar-refractivity contribution >= 4 is 0 Å². The summed E-state index contributed by atoms with van der Waals surface area (Å²) in [6.45, 7) is 2.59. The highest BCUT2D eigenvalue weighted by Gasteiger charge is 2.21. The number of rotatable bonds is 4. The van der Waals surface area contributed by atoms with E-state index in [1.165, 1.54) is 5.56 Å². The molecule has 0 amide bonds. The molecule has 0 aliphatic carbocycles. The third kappa shape index (κ3) is 2.63. The third-order valence-electron chi connectivity index (χ3n) is 3.56. The van der Waals surface area contributed by atoms with Crippen LogP contribution in [0.3, 0.4) is 0 Å².